The fraction of sp³-hybridized carbons (Fsp3) is 0.800. The second kappa shape index (κ2) is 9.48. The fourth-order valence-corrected chi connectivity index (χ4v) is 4.20. The maximum atomic E-state index is 12.0. The molecule has 1 aliphatic carbocycles. The molecule has 0 radical (unpaired) electrons. The van der Waals surface area contributed by atoms with Crippen LogP contribution in [0.5, 0.6) is 0 Å². The summed E-state index contributed by atoms with van der Waals surface area (Å²) in [5.41, 5.74) is 3.43. The van der Waals surface area contributed by atoms with E-state index in [9.17, 15) is 4.79 Å². The number of aromatic amines is 1. The monoisotopic (exact) mass is 346 g/mol. The highest BCUT2D eigenvalue weighted by atomic mass is 16.1. The summed E-state index contributed by atoms with van der Waals surface area (Å²) < 4.78 is 0. The highest BCUT2D eigenvalue weighted by Gasteiger charge is 2.20. The van der Waals surface area contributed by atoms with Crippen molar-refractivity contribution in [3.8, 4) is 0 Å². The molecule has 5 heteroatoms. The molecule has 0 bridgehead atoms. The number of rotatable bonds is 8. The van der Waals surface area contributed by atoms with Gasteiger partial charge >= 0.3 is 0 Å². The molecule has 2 heterocycles. The summed E-state index contributed by atoms with van der Waals surface area (Å²) in [7, 11) is 0. The highest BCUT2D eigenvalue weighted by Crippen LogP contribution is 2.20. The number of nitrogens with one attached hydrogen (secondary N) is 1. The molecular weight excluding hydrogens is 312 g/mol. The zero-order valence-corrected chi connectivity index (χ0v) is 15.9. The Hall–Kier alpha value is -1.20. The normalized spacial score (nSPS) is 19.1. The predicted octanol–water partition coefficient (Wildman–Crippen LogP) is 2.39. The largest absolute Gasteiger partial charge is 0.301 e. The smallest absolute Gasteiger partial charge is 0.267 e. The van der Waals surface area contributed by atoms with Crippen LogP contribution in [0.15, 0.2) is 4.79 Å². The number of unbranched alkanes of at least 4 members (excludes halogenated alkanes) is 3. The molecule has 1 aromatic rings. The molecule has 0 atom stereocenters. The zero-order valence-electron chi connectivity index (χ0n) is 15.9. The van der Waals surface area contributed by atoms with Crippen molar-refractivity contribution in [3.05, 3.63) is 27.2 Å². The molecule has 1 fully saturated rings. The number of aromatic nitrogens is 2. The van der Waals surface area contributed by atoms with E-state index in [0.717, 1.165) is 43.5 Å². The molecule has 1 aromatic heterocycles. The van der Waals surface area contributed by atoms with E-state index in [1.54, 1.807) is 0 Å². The first kappa shape index (κ1) is 18.6. The molecule has 0 aromatic carbocycles. The maximum absolute atomic E-state index is 12.0. The molecule has 0 amide bonds. The summed E-state index contributed by atoms with van der Waals surface area (Å²) in [6.07, 6.45) is 10.7. The molecule has 0 spiro atoms. The molecule has 0 unspecified atom stereocenters. The van der Waals surface area contributed by atoms with Crippen LogP contribution in [0.2, 0.25) is 0 Å². The van der Waals surface area contributed by atoms with Crippen LogP contribution >= 0.6 is 0 Å². The predicted molar refractivity (Wildman–Crippen MR) is 102 cm³/mol. The van der Waals surface area contributed by atoms with Crippen LogP contribution in [0.4, 0.5) is 0 Å². The van der Waals surface area contributed by atoms with Crippen LogP contribution in [0, 0.1) is 0 Å². The fourth-order valence-electron chi connectivity index (χ4n) is 4.20. The van der Waals surface area contributed by atoms with Gasteiger partial charge in [-0.25, -0.2) is 5.10 Å². The summed E-state index contributed by atoms with van der Waals surface area (Å²) in [6.45, 7) is 9.33. The second-order valence-electron chi connectivity index (χ2n) is 7.66. The van der Waals surface area contributed by atoms with Crippen molar-refractivity contribution < 1.29 is 0 Å². The van der Waals surface area contributed by atoms with Crippen molar-refractivity contribution in [2.45, 2.75) is 64.7 Å². The van der Waals surface area contributed by atoms with Gasteiger partial charge in [-0.05, 0) is 44.2 Å². The lowest BCUT2D eigenvalue weighted by Gasteiger charge is -2.34. The van der Waals surface area contributed by atoms with Crippen molar-refractivity contribution in [2.24, 2.45) is 0 Å². The average molecular weight is 347 g/mol. The van der Waals surface area contributed by atoms with E-state index in [4.69, 9.17) is 0 Å². The van der Waals surface area contributed by atoms with E-state index in [0.29, 0.717) is 0 Å². The van der Waals surface area contributed by atoms with Gasteiger partial charge in [-0.2, -0.15) is 5.10 Å². The molecule has 25 heavy (non-hydrogen) atoms. The van der Waals surface area contributed by atoms with Gasteiger partial charge in [-0.1, -0.05) is 26.2 Å². The van der Waals surface area contributed by atoms with Crippen molar-refractivity contribution in [3.63, 3.8) is 0 Å². The van der Waals surface area contributed by atoms with Gasteiger partial charge in [0.1, 0.15) is 0 Å². The van der Waals surface area contributed by atoms with Crippen LogP contribution in [-0.4, -0.2) is 59.3 Å². The van der Waals surface area contributed by atoms with Gasteiger partial charge in [0.05, 0.1) is 5.69 Å². The summed E-state index contributed by atoms with van der Waals surface area (Å²) in [5, 5.41) is 7.10. The summed E-state index contributed by atoms with van der Waals surface area (Å²) in [6, 6.07) is 0. The standard InChI is InChI=1S/C20H34N4O/c1-2-3-4-7-11-23-13-15-24(16-14-23)12-10-19-17-8-5-6-9-18(17)20(25)22-21-19/h2-16H2,1H3,(H,22,25). The van der Waals surface area contributed by atoms with Crippen molar-refractivity contribution in [2.75, 3.05) is 39.3 Å². The number of piperazine rings is 1. The van der Waals surface area contributed by atoms with E-state index in [1.807, 2.05) is 0 Å². The minimum absolute atomic E-state index is 0.0372. The van der Waals surface area contributed by atoms with E-state index >= 15 is 0 Å². The van der Waals surface area contributed by atoms with Crippen molar-refractivity contribution in [1.29, 1.82) is 0 Å². The Balaban J connectivity index is 1.44. The van der Waals surface area contributed by atoms with E-state index in [2.05, 4.69) is 26.9 Å². The van der Waals surface area contributed by atoms with Crippen LogP contribution in [0.3, 0.4) is 0 Å². The first-order valence-corrected chi connectivity index (χ1v) is 10.3. The molecule has 2 aliphatic rings. The molecule has 140 valence electrons. The molecular formula is C20H34N4O. The van der Waals surface area contributed by atoms with Gasteiger partial charge < -0.3 is 9.80 Å². The molecule has 0 saturated carbocycles. The van der Waals surface area contributed by atoms with Crippen LogP contribution in [0.1, 0.15) is 62.3 Å². The highest BCUT2D eigenvalue weighted by molar-refractivity contribution is 5.30. The van der Waals surface area contributed by atoms with E-state index in [-0.39, 0.29) is 5.56 Å². The number of hydrogen-bond donors (Lipinski definition) is 1. The van der Waals surface area contributed by atoms with Crippen molar-refractivity contribution >= 4 is 0 Å². The Kier molecular flexibility index (Phi) is 7.05. The zero-order chi connectivity index (χ0) is 17.5. The van der Waals surface area contributed by atoms with Gasteiger partial charge in [0.2, 0.25) is 0 Å². The summed E-state index contributed by atoms with van der Waals surface area (Å²) in [4.78, 5) is 17.1. The lowest BCUT2D eigenvalue weighted by molar-refractivity contribution is 0.131. The van der Waals surface area contributed by atoms with Crippen molar-refractivity contribution in [1.82, 2.24) is 20.0 Å². The lowest BCUT2D eigenvalue weighted by Crippen LogP contribution is -2.47. The van der Waals surface area contributed by atoms with Gasteiger partial charge in [-0.3, -0.25) is 4.79 Å². The lowest BCUT2D eigenvalue weighted by atomic mass is 9.91. The molecule has 5 nitrogen and oxygen atoms in total. The molecule has 1 aliphatic heterocycles. The topological polar surface area (TPSA) is 52.2 Å². The molecule has 3 rings (SSSR count). The van der Waals surface area contributed by atoms with Gasteiger partial charge in [0, 0.05) is 44.7 Å². The van der Waals surface area contributed by atoms with Gasteiger partial charge in [0.25, 0.3) is 5.56 Å². The SMILES string of the molecule is CCCCCCN1CCN(CCc2n[nH]c(=O)c3c2CCCC3)CC1. The Bertz CT molecular complexity index is 590. The van der Waals surface area contributed by atoms with Gasteiger partial charge in [0.15, 0.2) is 0 Å². The molecule has 1 N–H and O–H groups in total. The van der Waals surface area contributed by atoms with E-state index in [1.165, 1.54) is 70.4 Å². The Morgan fingerprint density at radius 2 is 1.60 bits per heavy atom. The average Bonchev–Trinajstić information content (AvgIpc) is 2.66. The Morgan fingerprint density at radius 1 is 0.920 bits per heavy atom. The third-order valence-corrected chi connectivity index (χ3v) is 5.84. The number of hydrogen-bond acceptors (Lipinski definition) is 4. The summed E-state index contributed by atoms with van der Waals surface area (Å²) in [5.74, 6) is 0. The van der Waals surface area contributed by atoms with Crippen LogP contribution in [0.25, 0.3) is 0 Å². The van der Waals surface area contributed by atoms with Crippen LogP contribution < -0.4 is 5.56 Å². The third kappa shape index (κ3) is 5.14. The quantitative estimate of drug-likeness (QED) is 0.735. The minimum atomic E-state index is 0.0372. The number of fused-ring (bicyclic) bond motifs is 1. The molecule has 1 saturated heterocycles. The maximum Gasteiger partial charge on any atom is 0.267 e. The third-order valence-electron chi connectivity index (χ3n) is 5.84. The van der Waals surface area contributed by atoms with E-state index < -0.39 is 0 Å². The number of nitrogens with zero attached hydrogens (tertiary/aromatic N) is 3. The van der Waals surface area contributed by atoms with Crippen LogP contribution in [-0.2, 0) is 19.3 Å². The minimum Gasteiger partial charge on any atom is -0.301 e. The summed E-state index contributed by atoms with van der Waals surface area (Å²) >= 11 is 0. The Labute approximate surface area is 151 Å². The Morgan fingerprint density at radius 3 is 2.32 bits per heavy atom. The van der Waals surface area contributed by atoms with Gasteiger partial charge in [-0.15, -0.1) is 0 Å². The number of H-pyrrole nitrogens is 1. The second-order valence-corrected chi connectivity index (χ2v) is 7.66. The first-order chi connectivity index (χ1) is 12.3. The first-order valence-electron chi connectivity index (χ1n) is 10.3.